The van der Waals surface area contributed by atoms with Crippen LogP contribution in [0.25, 0.3) is 0 Å². The molecule has 2 heterocycles. The van der Waals surface area contributed by atoms with Gasteiger partial charge in [0, 0.05) is 30.1 Å². The summed E-state index contributed by atoms with van der Waals surface area (Å²) in [4.78, 5) is 14.8. The molecule has 0 bridgehead atoms. The van der Waals surface area contributed by atoms with E-state index < -0.39 is 0 Å². The number of rotatable bonds is 3. The molecule has 1 aromatic rings. The van der Waals surface area contributed by atoms with Crippen LogP contribution in [0.1, 0.15) is 44.2 Å². The Bertz CT molecular complexity index is 612. The molecular weight excluding hydrogens is 324 g/mol. The van der Waals surface area contributed by atoms with E-state index in [1.807, 2.05) is 17.0 Å². The van der Waals surface area contributed by atoms with E-state index in [1.165, 1.54) is 0 Å². The molecule has 24 heavy (non-hydrogen) atoms. The molecule has 1 N–H and O–H groups in total. The molecular formula is C19H27ClN2O2. The fraction of sp³-hybridized carbons (Fsp3) is 0.632. The van der Waals surface area contributed by atoms with E-state index in [0.29, 0.717) is 0 Å². The number of carbonyl (C=O) groups is 1. The van der Waals surface area contributed by atoms with Crippen LogP contribution >= 0.6 is 11.6 Å². The van der Waals surface area contributed by atoms with Crippen molar-refractivity contribution in [3.63, 3.8) is 0 Å². The van der Waals surface area contributed by atoms with Gasteiger partial charge in [-0.25, -0.2) is 4.79 Å². The average Bonchev–Trinajstić information content (AvgIpc) is 2.99. The Morgan fingerprint density at radius 1 is 1.33 bits per heavy atom. The van der Waals surface area contributed by atoms with Gasteiger partial charge in [0.2, 0.25) is 0 Å². The van der Waals surface area contributed by atoms with Crippen LogP contribution in [0.5, 0.6) is 0 Å². The highest BCUT2D eigenvalue weighted by molar-refractivity contribution is 6.31. The third kappa shape index (κ3) is 3.40. The topological polar surface area (TPSA) is 41.6 Å². The number of hydrogen-bond donors (Lipinski definition) is 1. The normalized spacial score (nSPS) is 23.7. The zero-order chi connectivity index (χ0) is 17.2. The molecule has 3 rings (SSSR count). The summed E-state index contributed by atoms with van der Waals surface area (Å²) in [6, 6.07) is 3.93. The second-order valence-electron chi connectivity index (χ2n) is 7.03. The number of carbonyl (C=O) groups excluding carboxylic acids is 1. The van der Waals surface area contributed by atoms with Crippen LogP contribution in [0.15, 0.2) is 12.1 Å². The summed E-state index contributed by atoms with van der Waals surface area (Å²) >= 11 is 6.34. The Morgan fingerprint density at radius 2 is 2.17 bits per heavy atom. The largest absolute Gasteiger partial charge is 0.381 e. The molecule has 4 nitrogen and oxygen atoms in total. The maximum absolute atomic E-state index is 12.8. The van der Waals surface area contributed by atoms with Crippen molar-refractivity contribution in [2.24, 2.45) is 5.41 Å². The quantitative estimate of drug-likeness (QED) is 0.872. The SMILES string of the molecule is CCc1ccc(Cl)c(CC)c1NC(=O)N1CCC2(CCCOC2)C1. The van der Waals surface area contributed by atoms with E-state index in [1.54, 1.807) is 0 Å². The average molecular weight is 351 g/mol. The van der Waals surface area contributed by atoms with Gasteiger partial charge in [-0.3, -0.25) is 0 Å². The van der Waals surface area contributed by atoms with Crippen LogP contribution in [0.4, 0.5) is 10.5 Å². The summed E-state index contributed by atoms with van der Waals surface area (Å²) in [6.45, 7) is 7.41. The van der Waals surface area contributed by atoms with Crippen LogP contribution < -0.4 is 5.32 Å². The molecule has 0 saturated carbocycles. The van der Waals surface area contributed by atoms with Crippen molar-refractivity contribution in [1.82, 2.24) is 4.90 Å². The number of amides is 2. The van der Waals surface area contributed by atoms with Crippen LogP contribution in [-0.2, 0) is 17.6 Å². The minimum Gasteiger partial charge on any atom is -0.381 e. The van der Waals surface area contributed by atoms with E-state index >= 15 is 0 Å². The Labute approximate surface area is 149 Å². The molecule has 2 fully saturated rings. The van der Waals surface area contributed by atoms with Crippen LogP contribution in [0.2, 0.25) is 5.02 Å². The maximum Gasteiger partial charge on any atom is 0.321 e. The van der Waals surface area contributed by atoms with Crippen molar-refractivity contribution in [2.45, 2.75) is 46.0 Å². The van der Waals surface area contributed by atoms with Gasteiger partial charge >= 0.3 is 6.03 Å². The summed E-state index contributed by atoms with van der Waals surface area (Å²) in [5.74, 6) is 0. The Morgan fingerprint density at radius 3 is 2.83 bits per heavy atom. The van der Waals surface area contributed by atoms with Gasteiger partial charge in [0.1, 0.15) is 0 Å². The third-order valence-corrected chi connectivity index (χ3v) is 5.79. The fourth-order valence-corrected chi connectivity index (χ4v) is 4.28. The standard InChI is InChI=1S/C19H27ClN2O2/c1-3-14-6-7-16(20)15(4-2)17(14)21-18(23)22-10-9-19(12-22)8-5-11-24-13-19/h6-7H,3-5,8-13H2,1-2H3,(H,21,23). The zero-order valence-corrected chi connectivity index (χ0v) is 15.4. The summed E-state index contributed by atoms with van der Waals surface area (Å²) in [6.07, 6.45) is 4.98. The number of halogens is 1. The molecule has 2 aliphatic heterocycles. The fourth-order valence-electron chi connectivity index (χ4n) is 3.99. The lowest BCUT2D eigenvalue weighted by Gasteiger charge is -2.33. The molecule has 1 unspecified atom stereocenters. The van der Waals surface area contributed by atoms with Gasteiger partial charge in [0.05, 0.1) is 12.3 Å². The van der Waals surface area contributed by atoms with Gasteiger partial charge in [-0.2, -0.15) is 0 Å². The molecule has 2 aliphatic rings. The summed E-state index contributed by atoms with van der Waals surface area (Å²) in [7, 11) is 0. The number of nitrogens with zero attached hydrogens (tertiary/aromatic N) is 1. The van der Waals surface area contributed by atoms with E-state index in [2.05, 4.69) is 19.2 Å². The van der Waals surface area contributed by atoms with Crippen molar-refractivity contribution in [3.8, 4) is 0 Å². The molecule has 2 amide bonds. The van der Waals surface area contributed by atoms with Crippen LogP contribution in [0.3, 0.4) is 0 Å². The van der Waals surface area contributed by atoms with E-state index in [-0.39, 0.29) is 11.4 Å². The maximum atomic E-state index is 12.8. The van der Waals surface area contributed by atoms with Gasteiger partial charge in [0.15, 0.2) is 0 Å². The Kier molecular flexibility index (Phi) is 5.36. The molecule has 1 spiro atoms. The first-order valence-corrected chi connectivity index (χ1v) is 9.40. The first-order valence-electron chi connectivity index (χ1n) is 9.02. The number of benzene rings is 1. The first-order chi connectivity index (χ1) is 11.6. The smallest absolute Gasteiger partial charge is 0.321 e. The number of anilines is 1. The second kappa shape index (κ2) is 7.32. The molecule has 132 valence electrons. The number of likely N-dealkylation sites (tertiary alicyclic amines) is 1. The summed E-state index contributed by atoms with van der Waals surface area (Å²) in [5, 5.41) is 3.87. The van der Waals surface area contributed by atoms with Crippen molar-refractivity contribution >= 4 is 23.3 Å². The second-order valence-corrected chi connectivity index (χ2v) is 7.43. The molecule has 0 aromatic heterocycles. The van der Waals surface area contributed by atoms with Gasteiger partial charge in [-0.15, -0.1) is 0 Å². The number of urea groups is 1. The molecule has 5 heteroatoms. The molecule has 2 saturated heterocycles. The van der Waals surface area contributed by atoms with Crippen molar-refractivity contribution < 1.29 is 9.53 Å². The van der Waals surface area contributed by atoms with Gasteiger partial charge < -0.3 is 15.0 Å². The Balaban J connectivity index is 1.75. The lowest BCUT2D eigenvalue weighted by atomic mass is 9.82. The summed E-state index contributed by atoms with van der Waals surface area (Å²) < 4.78 is 5.67. The van der Waals surface area contributed by atoms with E-state index in [4.69, 9.17) is 16.3 Å². The number of hydrogen-bond acceptors (Lipinski definition) is 2. The van der Waals surface area contributed by atoms with Gasteiger partial charge in [0.25, 0.3) is 0 Å². The van der Waals surface area contributed by atoms with Crippen LogP contribution in [-0.4, -0.2) is 37.2 Å². The predicted molar refractivity (Wildman–Crippen MR) is 97.9 cm³/mol. The number of aryl methyl sites for hydroxylation is 1. The zero-order valence-electron chi connectivity index (χ0n) is 14.7. The monoisotopic (exact) mass is 350 g/mol. The first kappa shape index (κ1) is 17.6. The van der Waals surface area contributed by atoms with Gasteiger partial charge in [-0.1, -0.05) is 31.5 Å². The molecule has 0 radical (unpaired) electrons. The minimum absolute atomic E-state index is 0.0101. The molecule has 1 aromatic carbocycles. The number of nitrogens with one attached hydrogen (secondary N) is 1. The predicted octanol–water partition coefficient (Wildman–Crippen LogP) is 4.50. The van der Waals surface area contributed by atoms with Crippen molar-refractivity contribution in [3.05, 3.63) is 28.3 Å². The Hall–Kier alpha value is -1.26. The highest BCUT2D eigenvalue weighted by atomic mass is 35.5. The third-order valence-electron chi connectivity index (χ3n) is 5.44. The summed E-state index contributed by atoms with van der Waals surface area (Å²) in [5.41, 5.74) is 3.24. The van der Waals surface area contributed by atoms with Gasteiger partial charge in [-0.05, 0) is 49.3 Å². The molecule has 1 atom stereocenters. The highest BCUT2D eigenvalue weighted by Gasteiger charge is 2.41. The van der Waals surface area contributed by atoms with E-state index in [0.717, 1.165) is 80.2 Å². The lowest BCUT2D eigenvalue weighted by Crippen LogP contribution is -2.39. The van der Waals surface area contributed by atoms with E-state index in [9.17, 15) is 4.79 Å². The lowest BCUT2D eigenvalue weighted by molar-refractivity contribution is -0.000214. The molecule has 0 aliphatic carbocycles. The van der Waals surface area contributed by atoms with Crippen molar-refractivity contribution in [1.29, 1.82) is 0 Å². The highest BCUT2D eigenvalue weighted by Crippen LogP contribution is 2.38. The minimum atomic E-state index is -0.0101. The number of ether oxygens (including phenoxy) is 1. The van der Waals surface area contributed by atoms with Crippen molar-refractivity contribution in [2.75, 3.05) is 31.6 Å². The van der Waals surface area contributed by atoms with Crippen LogP contribution in [0, 0.1) is 5.41 Å².